The number of rotatable bonds is 7. The molecule has 1 aromatic rings. The second-order valence-corrected chi connectivity index (χ2v) is 4.85. The Morgan fingerprint density at radius 2 is 2.20 bits per heavy atom. The molecule has 0 aliphatic heterocycles. The van der Waals surface area contributed by atoms with E-state index in [-0.39, 0.29) is 6.03 Å². The van der Waals surface area contributed by atoms with Gasteiger partial charge < -0.3 is 20.3 Å². The highest BCUT2D eigenvalue weighted by Crippen LogP contribution is 2.16. The van der Waals surface area contributed by atoms with E-state index < -0.39 is 0 Å². The number of amides is 2. The Morgan fingerprint density at radius 3 is 2.85 bits per heavy atom. The lowest BCUT2D eigenvalue weighted by Crippen LogP contribution is -2.38. The molecule has 0 radical (unpaired) electrons. The lowest BCUT2D eigenvalue weighted by atomic mass is 10.2. The molecular formula is C15H25N3O2. The maximum absolute atomic E-state index is 11.8. The lowest BCUT2D eigenvalue weighted by molar-refractivity contribution is 0.238. The van der Waals surface area contributed by atoms with E-state index in [1.54, 1.807) is 13.2 Å². The van der Waals surface area contributed by atoms with Gasteiger partial charge in [-0.05, 0) is 32.5 Å². The average Bonchev–Trinajstić information content (AvgIpc) is 2.46. The number of nitrogens with one attached hydrogen (secondary N) is 2. The second kappa shape index (κ2) is 8.43. The summed E-state index contributed by atoms with van der Waals surface area (Å²) >= 11 is 0. The summed E-state index contributed by atoms with van der Waals surface area (Å²) in [6, 6.07) is 7.61. The van der Waals surface area contributed by atoms with Crippen LogP contribution in [0.5, 0.6) is 5.75 Å². The zero-order valence-corrected chi connectivity index (χ0v) is 12.8. The number of nitrogens with zero attached hydrogens (tertiary/aromatic N) is 1. The largest absolute Gasteiger partial charge is 0.497 e. The molecule has 2 N–H and O–H groups in total. The fourth-order valence-electron chi connectivity index (χ4n) is 1.75. The van der Waals surface area contributed by atoms with Crippen LogP contribution in [-0.4, -0.2) is 44.2 Å². The summed E-state index contributed by atoms with van der Waals surface area (Å²) in [6.45, 7) is 5.79. The molecule has 5 heteroatoms. The quantitative estimate of drug-likeness (QED) is 0.806. The summed E-state index contributed by atoms with van der Waals surface area (Å²) in [4.78, 5) is 14.0. The number of hydrogen-bond acceptors (Lipinski definition) is 3. The molecule has 0 aliphatic carbocycles. The Morgan fingerprint density at radius 1 is 1.45 bits per heavy atom. The number of anilines is 1. The number of carbonyl (C=O) groups is 1. The van der Waals surface area contributed by atoms with Gasteiger partial charge in [0, 0.05) is 30.9 Å². The topological polar surface area (TPSA) is 53.6 Å². The van der Waals surface area contributed by atoms with Gasteiger partial charge in [0.1, 0.15) is 5.75 Å². The number of methoxy groups -OCH3 is 1. The van der Waals surface area contributed by atoms with Crippen molar-refractivity contribution >= 4 is 11.7 Å². The summed E-state index contributed by atoms with van der Waals surface area (Å²) in [5.74, 6) is 0.722. The van der Waals surface area contributed by atoms with E-state index >= 15 is 0 Å². The van der Waals surface area contributed by atoms with Gasteiger partial charge in [0.15, 0.2) is 0 Å². The Hall–Kier alpha value is -1.75. The molecule has 0 saturated heterocycles. The minimum atomic E-state index is -0.198. The van der Waals surface area contributed by atoms with E-state index in [0.29, 0.717) is 12.6 Å². The summed E-state index contributed by atoms with van der Waals surface area (Å²) in [5, 5.41) is 5.63. The van der Waals surface area contributed by atoms with E-state index in [4.69, 9.17) is 4.74 Å². The minimum absolute atomic E-state index is 0.198. The lowest BCUT2D eigenvalue weighted by Gasteiger charge is -2.23. The van der Waals surface area contributed by atoms with Crippen LogP contribution in [0.25, 0.3) is 0 Å². The van der Waals surface area contributed by atoms with Gasteiger partial charge in [0.25, 0.3) is 0 Å². The average molecular weight is 279 g/mol. The maximum Gasteiger partial charge on any atom is 0.319 e. The van der Waals surface area contributed by atoms with Crippen molar-refractivity contribution in [3.05, 3.63) is 24.3 Å². The second-order valence-electron chi connectivity index (χ2n) is 4.85. The molecule has 0 heterocycles. The van der Waals surface area contributed by atoms with Gasteiger partial charge in [-0.2, -0.15) is 0 Å². The monoisotopic (exact) mass is 279 g/mol. The predicted octanol–water partition coefficient (Wildman–Crippen LogP) is 2.55. The van der Waals surface area contributed by atoms with E-state index in [9.17, 15) is 4.79 Å². The van der Waals surface area contributed by atoms with Gasteiger partial charge in [-0.25, -0.2) is 4.79 Å². The zero-order valence-electron chi connectivity index (χ0n) is 12.8. The van der Waals surface area contributed by atoms with E-state index in [2.05, 4.69) is 36.4 Å². The highest BCUT2D eigenvalue weighted by Gasteiger charge is 2.07. The van der Waals surface area contributed by atoms with Crippen LogP contribution in [0.4, 0.5) is 10.5 Å². The number of benzene rings is 1. The molecule has 0 aromatic heterocycles. The van der Waals surface area contributed by atoms with Crippen molar-refractivity contribution in [1.29, 1.82) is 0 Å². The van der Waals surface area contributed by atoms with Gasteiger partial charge in [-0.1, -0.05) is 13.0 Å². The first-order valence-electron chi connectivity index (χ1n) is 6.96. The van der Waals surface area contributed by atoms with Gasteiger partial charge in [0.2, 0.25) is 0 Å². The van der Waals surface area contributed by atoms with Crippen molar-refractivity contribution in [2.45, 2.75) is 26.3 Å². The maximum atomic E-state index is 11.8. The molecule has 0 spiro atoms. The van der Waals surface area contributed by atoms with Crippen LogP contribution in [-0.2, 0) is 0 Å². The van der Waals surface area contributed by atoms with Crippen LogP contribution in [0.15, 0.2) is 24.3 Å². The van der Waals surface area contributed by atoms with Gasteiger partial charge in [-0.15, -0.1) is 0 Å². The van der Waals surface area contributed by atoms with Crippen molar-refractivity contribution in [2.24, 2.45) is 0 Å². The minimum Gasteiger partial charge on any atom is -0.497 e. The van der Waals surface area contributed by atoms with Crippen LogP contribution >= 0.6 is 0 Å². The number of ether oxygens (including phenoxy) is 1. The van der Waals surface area contributed by atoms with Crippen molar-refractivity contribution < 1.29 is 9.53 Å². The molecule has 2 amide bonds. The number of hydrogen-bond donors (Lipinski definition) is 2. The van der Waals surface area contributed by atoms with Crippen molar-refractivity contribution in [3.8, 4) is 5.75 Å². The molecule has 0 saturated carbocycles. The Kier molecular flexibility index (Phi) is 6.87. The van der Waals surface area contributed by atoms with Crippen molar-refractivity contribution in [1.82, 2.24) is 10.2 Å². The zero-order chi connectivity index (χ0) is 15.0. The normalized spacial score (nSPS) is 12.1. The molecule has 1 aromatic carbocycles. The molecule has 5 nitrogen and oxygen atoms in total. The van der Waals surface area contributed by atoms with Gasteiger partial charge >= 0.3 is 6.03 Å². The molecule has 0 aliphatic rings. The van der Waals surface area contributed by atoms with Gasteiger partial charge in [0.05, 0.1) is 7.11 Å². The van der Waals surface area contributed by atoms with Crippen LogP contribution in [0.1, 0.15) is 20.3 Å². The first-order chi connectivity index (χ1) is 9.56. The fourth-order valence-corrected chi connectivity index (χ4v) is 1.75. The molecular weight excluding hydrogens is 254 g/mol. The van der Waals surface area contributed by atoms with Crippen molar-refractivity contribution in [2.75, 3.05) is 32.6 Å². The first-order valence-corrected chi connectivity index (χ1v) is 6.96. The van der Waals surface area contributed by atoms with Crippen LogP contribution < -0.4 is 15.4 Å². The Bertz CT molecular complexity index is 423. The number of likely N-dealkylation sites (N-methyl/N-ethyl adjacent to an activating group) is 1. The third kappa shape index (κ3) is 5.48. The molecule has 1 rings (SSSR count). The van der Waals surface area contributed by atoms with Crippen LogP contribution in [0, 0.1) is 0 Å². The highest BCUT2D eigenvalue weighted by atomic mass is 16.5. The van der Waals surface area contributed by atoms with E-state index in [1.165, 1.54) is 0 Å². The van der Waals surface area contributed by atoms with Crippen molar-refractivity contribution in [3.63, 3.8) is 0 Å². The van der Waals surface area contributed by atoms with E-state index in [0.717, 1.165) is 24.4 Å². The SMILES string of the molecule is CC[C@@H](C)N(C)CCNC(=O)Nc1cccc(OC)c1. The summed E-state index contributed by atoms with van der Waals surface area (Å²) in [7, 11) is 3.67. The molecule has 0 bridgehead atoms. The molecule has 1 atom stereocenters. The standard InChI is InChI=1S/C15H25N3O2/c1-5-12(2)18(3)10-9-16-15(19)17-13-7-6-8-14(11-13)20-4/h6-8,11-12H,5,9-10H2,1-4H3,(H2,16,17,19)/t12-/m1/s1. The molecule has 20 heavy (non-hydrogen) atoms. The Balaban J connectivity index is 2.33. The number of carbonyl (C=O) groups excluding carboxylic acids is 1. The number of urea groups is 1. The third-order valence-corrected chi connectivity index (χ3v) is 3.42. The van der Waals surface area contributed by atoms with Gasteiger partial charge in [-0.3, -0.25) is 0 Å². The smallest absolute Gasteiger partial charge is 0.319 e. The summed E-state index contributed by atoms with van der Waals surface area (Å²) in [6.07, 6.45) is 1.10. The Labute approximate surface area is 121 Å². The first kappa shape index (κ1) is 16.3. The molecule has 0 unspecified atom stereocenters. The van der Waals surface area contributed by atoms with Crippen LogP contribution in [0.3, 0.4) is 0 Å². The predicted molar refractivity (Wildman–Crippen MR) is 82.4 cm³/mol. The summed E-state index contributed by atoms with van der Waals surface area (Å²) in [5.41, 5.74) is 0.720. The van der Waals surface area contributed by atoms with Crippen LogP contribution in [0.2, 0.25) is 0 Å². The third-order valence-electron chi connectivity index (χ3n) is 3.42. The fraction of sp³-hybridized carbons (Fsp3) is 0.533. The van der Waals surface area contributed by atoms with E-state index in [1.807, 2.05) is 18.2 Å². The highest BCUT2D eigenvalue weighted by molar-refractivity contribution is 5.89. The molecule has 112 valence electrons. The summed E-state index contributed by atoms with van der Waals surface area (Å²) < 4.78 is 5.11. The molecule has 0 fully saturated rings.